The topological polar surface area (TPSA) is 38.0 Å². The maximum absolute atomic E-state index is 5.57. The highest BCUT2D eigenvalue weighted by Crippen LogP contribution is 2.19. The Morgan fingerprint density at radius 2 is 2.08 bits per heavy atom. The Morgan fingerprint density at radius 3 is 2.62 bits per heavy atom. The minimum atomic E-state index is 0.444. The van der Waals surface area contributed by atoms with E-state index in [0.29, 0.717) is 12.6 Å². The van der Waals surface area contributed by atoms with Gasteiger partial charge in [-0.05, 0) is 37.6 Å². The van der Waals surface area contributed by atoms with E-state index in [1.54, 1.807) is 0 Å². The number of hydrogen-bond acceptors (Lipinski definition) is 2. The molecule has 0 fully saturated rings. The van der Waals surface area contributed by atoms with E-state index >= 15 is 0 Å². The van der Waals surface area contributed by atoms with Gasteiger partial charge < -0.3 is 11.1 Å². The van der Waals surface area contributed by atoms with Crippen LogP contribution in [0.1, 0.15) is 19.4 Å². The molecule has 0 amide bonds. The van der Waals surface area contributed by atoms with Crippen molar-refractivity contribution < 1.29 is 0 Å². The SMILES string of the molecule is CC(C)Nc1cc(Br)cc(CN)c1. The first-order valence-corrected chi connectivity index (χ1v) is 5.17. The number of anilines is 1. The van der Waals surface area contributed by atoms with E-state index in [1.807, 2.05) is 6.07 Å². The third kappa shape index (κ3) is 3.36. The largest absolute Gasteiger partial charge is 0.383 e. The fourth-order valence-electron chi connectivity index (χ4n) is 1.18. The summed E-state index contributed by atoms with van der Waals surface area (Å²) in [7, 11) is 0. The van der Waals surface area contributed by atoms with Gasteiger partial charge in [0.1, 0.15) is 0 Å². The van der Waals surface area contributed by atoms with Gasteiger partial charge in [0, 0.05) is 22.7 Å². The zero-order valence-electron chi connectivity index (χ0n) is 7.97. The summed E-state index contributed by atoms with van der Waals surface area (Å²) < 4.78 is 1.07. The number of nitrogens with two attached hydrogens (primary N) is 1. The van der Waals surface area contributed by atoms with Crippen molar-refractivity contribution in [1.82, 2.24) is 0 Å². The summed E-state index contributed by atoms with van der Waals surface area (Å²) in [6, 6.07) is 6.61. The van der Waals surface area contributed by atoms with Crippen LogP contribution in [0.5, 0.6) is 0 Å². The third-order valence-corrected chi connectivity index (χ3v) is 2.11. The summed E-state index contributed by atoms with van der Waals surface area (Å²) in [5.74, 6) is 0. The molecule has 3 heteroatoms. The van der Waals surface area contributed by atoms with E-state index in [-0.39, 0.29) is 0 Å². The van der Waals surface area contributed by atoms with Gasteiger partial charge in [0.25, 0.3) is 0 Å². The Balaban J connectivity index is 2.88. The van der Waals surface area contributed by atoms with Crippen molar-refractivity contribution in [2.75, 3.05) is 5.32 Å². The normalized spacial score (nSPS) is 10.5. The highest BCUT2D eigenvalue weighted by Gasteiger charge is 1.99. The maximum atomic E-state index is 5.57. The van der Waals surface area contributed by atoms with Crippen LogP contribution in [0.15, 0.2) is 22.7 Å². The molecule has 0 aliphatic carbocycles. The molecule has 0 aliphatic rings. The molecule has 0 atom stereocenters. The van der Waals surface area contributed by atoms with Crippen molar-refractivity contribution in [3.63, 3.8) is 0 Å². The van der Waals surface area contributed by atoms with Crippen LogP contribution in [0, 0.1) is 0 Å². The lowest BCUT2D eigenvalue weighted by Gasteiger charge is -2.11. The Hall–Kier alpha value is -0.540. The van der Waals surface area contributed by atoms with Crippen molar-refractivity contribution in [3.8, 4) is 0 Å². The summed E-state index contributed by atoms with van der Waals surface area (Å²) in [4.78, 5) is 0. The van der Waals surface area contributed by atoms with Gasteiger partial charge in [-0.2, -0.15) is 0 Å². The number of nitrogens with one attached hydrogen (secondary N) is 1. The Labute approximate surface area is 87.6 Å². The molecule has 13 heavy (non-hydrogen) atoms. The highest BCUT2D eigenvalue weighted by molar-refractivity contribution is 9.10. The summed E-state index contributed by atoms with van der Waals surface area (Å²) in [5.41, 5.74) is 7.82. The van der Waals surface area contributed by atoms with Crippen molar-refractivity contribution in [2.45, 2.75) is 26.4 Å². The summed E-state index contributed by atoms with van der Waals surface area (Å²) in [5, 5.41) is 3.33. The lowest BCUT2D eigenvalue weighted by molar-refractivity contribution is 0.898. The molecule has 72 valence electrons. The van der Waals surface area contributed by atoms with Crippen LogP contribution >= 0.6 is 15.9 Å². The van der Waals surface area contributed by atoms with Crippen molar-refractivity contribution >= 4 is 21.6 Å². The molecule has 1 aromatic rings. The first-order valence-electron chi connectivity index (χ1n) is 4.38. The molecule has 0 saturated heterocycles. The van der Waals surface area contributed by atoms with Crippen molar-refractivity contribution in [1.29, 1.82) is 0 Å². The zero-order valence-corrected chi connectivity index (χ0v) is 9.56. The molecule has 0 aromatic heterocycles. The Kier molecular flexibility index (Phi) is 3.75. The fraction of sp³-hybridized carbons (Fsp3) is 0.400. The van der Waals surface area contributed by atoms with Gasteiger partial charge >= 0.3 is 0 Å². The maximum Gasteiger partial charge on any atom is 0.0356 e. The van der Waals surface area contributed by atoms with E-state index in [4.69, 9.17) is 5.73 Å². The molecule has 0 bridgehead atoms. The summed E-state index contributed by atoms with van der Waals surface area (Å²) in [6.07, 6.45) is 0. The quantitative estimate of drug-likeness (QED) is 0.856. The molecule has 1 aromatic carbocycles. The lowest BCUT2D eigenvalue weighted by Crippen LogP contribution is -2.10. The van der Waals surface area contributed by atoms with E-state index in [0.717, 1.165) is 15.7 Å². The minimum absolute atomic E-state index is 0.444. The monoisotopic (exact) mass is 242 g/mol. The van der Waals surface area contributed by atoms with Crippen LogP contribution in [-0.2, 0) is 6.54 Å². The van der Waals surface area contributed by atoms with E-state index in [1.165, 1.54) is 0 Å². The van der Waals surface area contributed by atoms with Gasteiger partial charge in [0.2, 0.25) is 0 Å². The van der Waals surface area contributed by atoms with Crippen LogP contribution in [-0.4, -0.2) is 6.04 Å². The fourth-order valence-corrected chi connectivity index (χ4v) is 1.73. The molecule has 0 saturated carbocycles. The molecular weight excluding hydrogens is 228 g/mol. The summed E-state index contributed by atoms with van der Waals surface area (Å²) >= 11 is 3.45. The average molecular weight is 243 g/mol. The molecule has 3 N–H and O–H groups in total. The number of hydrogen-bond donors (Lipinski definition) is 2. The van der Waals surface area contributed by atoms with Crippen LogP contribution in [0.3, 0.4) is 0 Å². The molecule has 0 unspecified atom stereocenters. The van der Waals surface area contributed by atoms with E-state index < -0.39 is 0 Å². The number of halogens is 1. The minimum Gasteiger partial charge on any atom is -0.383 e. The van der Waals surface area contributed by atoms with E-state index in [9.17, 15) is 0 Å². The van der Waals surface area contributed by atoms with Crippen molar-refractivity contribution in [3.05, 3.63) is 28.2 Å². The Bertz CT molecular complexity index is 284. The zero-order chi connectivity index (χ0) is 9.84. The second kappa shape index (κ2) is 4.63. The molecule has 0 aliphatic heterocycles. The van der Waals surface area contributed by atoms with Gasteiger partial charge in [0.05, 0.1) is 0 Å². The molecular formula is C10H15BrN2. The first kappa shape index (κ1) is 10.5. The third-order valence-electron chi connectivity index (χ3n) is 1.65. The van der Waals surface area contributed by atoms with Gasteiger partial charge in [-0.25, -0.2) is 0 Å². The van der Waals surface area contributed by atoms with Gasteiger partial charge in [0.15, 0.2) is 0 Å². The van der Waals surface area contributed by atoms with Crippen LogP contribution in [0.2, 0.25) is 0 Å². The molecule has 2 nitrogen and oxygen atoms in total. The van der Waals surface area contributed by atoms with Crippen LogP contribution in [0.25, 0.3) is 0 Å². The predicted octanol–water partition coefficient (Wildman–Crippen LogP) is 2.73. The molecule has 1 rings (SSSR count). The molecule has 0 spiro atoms. The highest BCUT2D eigenvalue weighted by atomic mass is 79.9. The smallest absolute Gasteiger partial charge is 0.0356 e. The number of benzene rings is 1. The van der Waals surface area contributed by atoms with Gasteiger partial charge in [-0.15, -0.1) is 0 Å². The van der Waals surface area contributed by atoms with E-state index in [2.05, 4.69) is 47.2 Å². The summed E-state index contributed by atoms with van der Waals surface area (Å²) in [6.45, 7) is 4.80. The van der Waals surface area contributed by atoms with Crippen molar-refractivity contribution in [2.24, 2.45) is 5.73 Å². The Morgan fingerprint density at radius 1 is 1.38 bits per heavy atom. The second-order valence-corrected chi connectivity index (χ2v) is 4.27. The van der Waals surface area contributed by atoms with Crippen LogP contribution < -0.4 is 11.1 Å². The average Bonchev–Trinajstić information content (AvgIpc) is 2.01. The first-order chi connectivity index (χ1) is 6.11. The van der Waals surface area contributed by atoms with Gasteiger partial charge in [-0.3, -0.25) is 0 Å². The van der Waals surface area contributed by atoms with Gasteiger partial charge in [-0.1, -0.05) is 15.9 Å². The molecule has 0 heterocycles. The molecule has 0 radical (unpaired) electrons. The second-order valence-electron chi connectivity index (χ2n) is 3.35. The standard InChI is InChI=1S/C10H15BrN2/c1-7(2)13-10-4-8(6-12)3-9(11)5-10/h3-5,7,13H,6,12H2,1-2H3. The predicted molar refractivity (Wildman–Crippen MR) is 60.8 cm³/mol. The number of rotatable bonds is 3. The van der Waals surface area contributed by atoms with Crippen LogP contribution in [0.4, 0.5) is 5.69 Å². The lowest BCUT2D eigenvalue weighted by atomic mass is 10.2.